The number of aromatic nitrogens is 1. The van der Waals surface area contributed by atoms with Crippen LogP contribution in [0.5, 0.6) is 0 Å². The SMILES string of the molecule is O=C(OCC(O)CO)c1ccc[nH]1. The summed E-state index contributed by atoms with van der Waals surface area (Å²) < 4.78 is 4.66. The number of aliphatic hydroxyl groups is 2. The zero-order valence-electron chi connectivity index (χ0n) is 6.93. The molecule has 3 N–H and O–H groups in total. The fourth-order valence-electron chi connectivity index (χ4n) is 0.760. The van der Waals surface area contributed by atoms with Crippen LogP contribution in [0.2, 0.25) is 0 Å². The molecule has 0 aliphatic rings. The Morgan fingerprint density at radius 2 is 2.46 bits per heavy atom. The lowest BCUT2D eigenvalue weighted by Gasteiger charge is -2.06. The number of H-pyrrole nitrogens is 1. The molecule has 0 amide bonds. The molecule has 5 heteroatoms. The Morgan fingerprint density at radius 1 is 1.69 bits per heavy atom. The third-order valence-electron chi connectivity index (χ3n) is 1.44. The molecule has 0 saturated heterocycles. The van der Waals surface area contributed by atoms with E-state index in [0.29, 0.717) is 5.69 Å². The van der Waals surface area contributed by atoms with Crippen LogP contribution in [0, 0.1) is 0 Å². The maximum atomic E-state index is 11.1. The molecule has 1 aromatic heterocycles. The summed E-state index contributed by atoms with van der Waals surface area (Å²) in [7, 11) is 0. The first-order chi connectivity index (χ1) is 6.24. The van der Waals surface area contributed by atoms with E-state index in [1.165, 1.54) is 0 Å². The van der Waals surface area contributed by atoms with Crippen LogP contribution in [0.1, 0.15) is 10.5 Å². The molecule has 0 aromatic carbocycles. The second kappa shape index (κ2) is 4.64. The molecule has 1 rings (SSSR count). The molecule has 0 aliphatic carbocycles. The number of aliphatic hydroxyl groups excluding tert-OH is 2. The minimum absolute atomic E-state index is 0.200. The lowest BCUT2D eigenvalue weighted by molar-refractivity contribution is 0.00894. The lowest BCUT2D eigenvalue weighted by Crippen LogP contribution is -2.22. The molecule has 0 aliphatic heterocycles. The Kier molecular flexibility index (Phi) is 3.48. The number of carbonyl (C=O) groups excluding carboxylic acids is 1. The fourth-order valence-corrected chi connectivity index (χ4v) is 0.760. The van der Waals surface area contributed by atoms with E-state index >= 15 is 0 Å². The van der Waals surface area contributed by atoms with Crippen molar-refractivity contribution in [2.24, 2.45) is 0 Å². The number of esters is 1. The summed E-state index contributed by atoms with van der Waals surface area (Å²) in [5, 5.41) is 17.3. The zero-order chi connectivity index (χ0) is 9.68. The molecule has 1 atom stereocenters. The van der Waals surface area contributed by atoms with Gasteiger partial charge in [0.05, 0.1) is 6.61 Å². The highest BCUT2D eigenvalue weighted by Crippen LogP contribution is 1.98. The van der Waals surface area contributed by atoms with Gasteiger partial charge in [-0.15, -0.1) is 0 Å². The van der Waals surface area contributed by atoms with Crippen LogP contribution in [0.4, 0.5) is 0 Å². The normalized spacial score (nSPS) is 12.5. The summed E-state index contributed by atoms with van der Waals surface area (Å²) in [6.07, 6.45) is 0.581. The minimum atomic E-state index is -1.01. The van der Waals surface area contributed by atoms with Crippen LogP contribution in [0.25, 0.3) is 0 Å². The van der Waals surface area contributed by atoms with Crippen molar-refractivity contribution in [1.82, 2.24) is 4.98 Å². The molecule has 5 nitrogen and oxygen atoms in total. The maximum absolute atomic E-state index is 11.1. The molecule has 0 spiro atoms. The van der Waals surface area contributed by atoms with E-state index in [2.05, 4.69) is 9.72 Å². The Bertz CT molecular complexity index is 257. The molecular weight excluding hydrogens is 174 g/mol. The average molecular weight is 185 g/mol. The quantitative estimate of drug-likeness (QED) is 0.553. The second-order valence-corrected chi connectivity index (χ2v) is 2.52. The van der Waals surface area contributed by atoms with E-state index in [0.717, 1.165) is 0 Å². The topological polar surface area (TPSA) is 82.6 Å². The van der Waals surface area contributed by atoms with Crippen molar-refractivity contribution in [1.29, 1.82) is 0 Å². The highest BCUT2D eigenvalue weighted by molar-refractivity contribution is 5.87. The van der Waals surface area contributed by atoms with Gasteiger partial charge < -0.3 is 19.9 Å². The fraction of sp³-hybridized carbons (Fsp3) is 0.375. The first kappa shape index (κ1) is 9.76. The van der Waals surface area contributed by atoms with Crippen LogP contribution < -0.4 is 0 Å². The molecular formula is C8H11NO4. The molecule has 1 heterocycles. The largest absolute Gasteiger partial charge is 0.458 e. The van der Waals surface area contributed by atoms with Crippen molar-refractivity contribution in [2.45, 2.75) is 6.10 Å². The van der Waals surface area contributed by atoms with Crippen molar-refractivity contribution in [3.63, 3.8) is 0 Å². The Balaban J connectivity index is 2.35. The smallest absolute Gasteiger partial charge is 0.354 e. The molecule has 0 saturated carbocycles. The second-order valence-electron chi connectivity index (χ2n) is 2.52. The number of aromatic amines is 1. The highest BCUT2D eigenvalue weighted by Gasteiger charge is 2.09. The number of ether oxygens (including phenoxy) is 1. The van der Waals surface area contributed by atoms with Crippen LogP contribution in [0.3, 0.4) is 0 Å². The summed E-state index contributed by atoms with van der Waals surface area (Å²) >= 11 is 0. The van der Waals surface area contributed by atoms with Gasteiger partial charge in [0.15, 0.2) is 0 Å². The first-order valence-corrected chi connectivity index (χ1v) is 3.83. The number of rotatable bonds is 4. The lowest BCUT2D eigenvalue weighted by atomic mass is 10.4. The van der Waals surface area contributed by atoms with Gasteiger partial charge in [-0.3, -0.25) is 0 Å². The first-order valence-electron chi connectivity index (χ1n) is 3.83. The number of hydrogen-bond acceptors (Lipinski definition) is 4. The highest BCUT2D eigenvalue weighted by atomic mass is 16.5. The van der Waals surface area contributed by atoms with Crippen molar-refractivity contribution in [3.8, 4) is 0 Å². The maximum Gasteiger partial charge on any atom is 0.354 e. The van der Waals surface area contributed by atoms with E-state index in [9.17, 15) is 4.79 Å². The van der Waals surface area contributed by atoms with E-state index in [1.807, 2.05) is 0 Å². The van der Waals surface area contributed by atoms with E-state index in [-0.39, 0.29) is 6.61 Å². The molecule has 1 aromatic rings. The van der Waals surface area contributed by atoms with Crippen molar-refractivity contribution in [2.75, 3.05) is 13.2 Å². The summed E-state index contributed by atoms with van der Waals surface area (Å²) in [5.41, 5.74) is 0.324. The van der Waals surface area contributed by atoms with Crippen molar-refractivity contribution in [3.05, 3.63) is 24.0 Å². The average Bonchev–Trinajstić information content (AvgIpc) is 2.66. The van der Waals surface area contributed by atoms with E-state index in [1.54, 1.807) is 18.3 Å². The molecule has 13 heavy (non-hydrogen) atoms. The molecule has 72 valence electrons. The van der Waals surface area contributed by atoms with Crippen LogP contribution in [-0.4, -0.2) is 40.5 Å². The van der Waals surface area contributed by atoms with Crippen LogP contribution in [0.15, 0.2) is 18.3 Å². The standard InChI is InChI=1S/C8H11NO4/c10-4-6(11)5-13-8(12)7-2-1-3-9-7/h1-3,6,9-11H,4-5H2. The van der Waals surface area contributed by atoms with Gasteiger partial charge in [0.1, 0.15) is 18.4 Å². The molecule has 1 unspecified atom stereocenters. The van der Waals surface area contributed by atoms with Gasteiger partial charge in [-0.2, -0.15) is 0 Å². The van der Waals surface area contributed by atoms with Crippen molar-refractivity contribution >= 4 is 5.97 Å². The number of hydrogen-bond donors (Lipinski definition) is 3. The van der Waals surface area contributed by atoms with Gasteiger partial charge in [0.2, 0.25) is 0 Å². The van der Waals surface area contributed by atoms with Crippen LogP contribution in [-0.2, 0) is 4.74 Å². The van der Waals surface area contributed by atoms with Gasteiger partial charge in [-0.05, 0) is 12.1 Å². The van der Waals surface area contributed by atoms with Crippen LogP contribution >= 0.6 is 0 Å². The third-order valence-corrected chi connectivity index (χ3v) is 1.44. The monoisotopic (exact) mass is 185 g/mol. The van der Waals surface area contributed by atoms with Crippen molar-refractivity contribution < 1.29 is 19.7 Å². The van der Waals surface area contributed by atoms with E-state index < -0.39 is 18.7 Å². The third kappa shape index (κ3) is 2.89. The number of nitrogens with one attached hydrogen (secondary N) is 1. The van der Waals surface area contributed by atoms with Gasteiger partial charge in [0, 0.05) is 6.20 Å². The summed E-state index contributed by atoms with van der Waals surface area (Å²) in [6.45, 7) is -0.619. The summed E-state index contributed by atoms with van der Waals surface area (Å²) in [4.78, 5) is 13.7. The predicted octanol–water partition coefficient (Wildman–Crippen LogP) is -0.475. The van der Waals surface area contributed by atoms with Gasteiger partial charge in [-0.1, -0.05) is 0 Å². The van der Waals surface area contributed by atoms with Gasteiger partial charge >= 0.3 is 5.97 Å². The molecule has 0 fully saturated rings. The zero-order valence-corrected chi connectivity index (χ0v) is 6.93. The van der Waals surface area contributed by atoms with Gasteiger partial charge in [0.25, 0.3) is 0 Å². The molecule has 0 bridgehead atoms. The summed E-state index contributed by atoms with van der Waals surface area (Å²) in [5.74, 6) is -0.544. The van der Waals surface area contributed by atoms with E-state index in [4.69, 9.17) is 10.2 Å². The van der Waals surface area contributed by atoms with Gasteiger partial charge in [-0.25, -0.2) is 4.79 Å². The number of carbonyl (C=O) groups is 1. The molecule has 0 radical (unpaired) electrons. The minimum Gasteiger partial charge on any atom is -0.458 e. The predicted molar refractivity (Wildman–Crippen MR) is 44.2 cm³/mol. The Hall–Kier alpha value is -1.33. The summed E-state index contributed by atoms with van der Waals surface area (Å²) in [6, 6.07) is 3.23. The Labute approximate surface area is 75.0 Å². The Morgan fingerprint density at radius 3 is 3.00 bits per heavy atom.